The number of thiophene rings is 1. The number of hydrazone groups is 1. The zero-order chi connectivity index (χ0) is 15.9. The lowest BCUT2D eigenvalue weighted by Gasteiger charge is -2.22. The van der Waals surface area contributed by atoms with Gasteiger partial charge in [-0.3, -0.25) is 0 Å². The zero-order valence-electron chi connectivity index (χ0n) is 11.5. The van der Waals surface area contributed by atoms with Crippen LogP contribution in [0, 0.1) is 5.82 Å². The van der Waals surface area contributed by atoms with Crippen LogP contribution >= 0.6 is 22.9 Å². The minimum atomic E-state index is -3.55. The fourth-order valence-corrected chi connectivity index (χ4v) is 4.30. The van der Waals surface area contributed by atoms with Crippen LogP contribution in [0.1, 0.15) is 22.9 Å². The molecule has 1 aliphatic heterocycles. The Labute approximate surface area is 136 Å². The molecule has 1 aromatic heterocycles. The lowest BCUT2D eigenvalue weighted by molar-refractivity contribution is 0.374. The van der Waals surface area contributed by atoms with Gasteiger partial charge in [-0.15, -0.1) is 11.3 Å². The minimum absolute atomic E-state index is 0.196. The van der Waals surface area contributed by atoms with Crippen molar-refractivity contribution in [3.8, 4) is 0 Å². The molecule has 1 atom stereocenters. The molecule has 2 aromatic rings. The number of sulfonamides is 1. The van der Waals surface area contributed by atoms with Crippen molar-refractivity contribution in [3.05, 3.63) is 57.0 Å². The molecule has 0 spiro atoms. The van der Waals surface area contributed by atoms with Crippen molar-refractivity contribution in [1.29, 1.82) is 0 Å². The fourth-order valence-electron chi connectivity index (χ4n) is 2.39. The second-order valence-corrected chi connectivity index (χ2v) is 8.14. The van der Waals surface area contributed by atoms with E-state index in [-0.39, 0.29) is 5.02 Å². The first-order chi connectivity index (χ1) is 10.4. The maximum atomic E-state index is 13.2. The monoisotopic (exact) mass is 358 g/mol. The summed E-state index contributed by atoms with van der Waals surface area (Å²) in [5.74, 6) is -0.461. The Morgan fingerprint density at radius 3 is 2.77 bits per heavy atom. The lowest BCUT2D eigenvalue weighted by atomic mass is 10.0. The highest BCUT2D eigenvalue weighted by Crippen LogP contribution is 2.38. The van der Waals surface area contributed by atoms with Gasteiger partial charge in [0.1, 0.15) is 5.82 Å². The molecule has 2 heterocycles. The number of benzene rings is 1. The Morgan fingerprint density at radius 2 is 2.18 bits per heavy atom. The molecule has 0 saturated carbocycles. The molecular weight excluding hydrogens is 347 g/mol. The largest absolute Gasteiger partial charge is 0.247 e. The van der Waals surface area contributed by atoms with E-state index in [1.54, 1.807) is 0 Å². The number of hydrogen-bond donors (Lipinski definition) is 0. The molecule has 0 bridgehead atoms. The van der Waals surface area contributed by atoms with E-state index in [2.05, 4.69) is 5.10 Å². The van der Waals surface area contributed by atoms with Gasteiger partial charge in [-0.2, -0.15) is 9.52 Å². The van der Waals surface area contributed by atoms with Crippen molar-refractivity contribution >= 4 is 38.7 Å². The molecule has 0 amide bonds. The summed E-state index contributed by atoms with van der Waals surface area (Å²) < 4.78 is 38.3. The highest BCUT2D eigenvalue weighted by molar-refractivity contribution is 7.88. The first-order valence-electron chi connectivity index (χ1n) is 6.42. The molecule has 116 valence electrons. The van der Waals surface area contributed by atoms with Gasteiger partial charge in [-0.1, -0.05) is 23.7 Å². The van der Waals surface area contributed by atoms with Crippen molar-refractivity contribution in [2.45, 2.75) is 12.5 Å². The highest BCUT2D eigenvalue weighted by atomic mass is 35.5. The summed E-state index contributed by atoms with van der Waals surface area (Å²) in [7, 11) is -3.55. The first kappa shape index (κ1) is 15.5. The number of hydrogen-bond acceptors (Lipinski definition) is 4. The topological polar surface area (TPSA) is 49.7 Å². The van der Waals surface area contributed by atoms with E-state index < -0.39 is 21.9 Å². The SMILES string of the molecule is CS(=O)(=O)N1N=C(c2cccs2)C[C@@H]1c1ccc(F)cc1Cl. The van der Waals surface area contributed by atoms with Crippen LogP contribution in [0.25, 0.3) is 0 Å². The molecule has 8 heteroatoms. The summed E-state index contributed by atoms with van der Waals surface area (Å²) in [6, 6.07) is 7.17. The van der Waals surface area contributed by atoms with E-state index in [0.717, 1.165) is 15.5 Å². The Kier molecular flexibility index (Phi) is 3.96. The molecule has 4 nitrogen and oxygen atoms in total. The highest BCUT2D eigenvalue weighted by Gasteiger charge is 2.35. The maximum absolute atomic E-state index is 13.2. The van der Waals surface area contributed by atoms with Gasteiger partial charge in [0.15, 0.2) is 0 Å². The summed E-state index contributed by atoms with van der Waals surface area (Å²) in [6.45, 7) is 0. The third-order valence-electron chi connectivity index (χ3n) is 3.34. The first-order valence-corrected chi connectivity index (χ1v) is 9.52. The number of nitrogens with zero attached hydrogens (tertiary/aromatic N) is 2. The van der Waals surface area contributed by atoms with Crippen LogP contribution in [-0.2, 0) is 10.0 Å². The van der Waals surface area contributed by atoms with Gasteiger partial charge in [0, 0.05) is 11.4 Å². The predicted molar refractivity (Wildman–Crippen MR) is 86.3 cm³/mol. The summed E-state index contributed by atoms with van der Waals surface area (Å²) in [5, 5.41) is 6.34. The van der Waals surface area contributed by atoms with Crippen molar-refractivity contribution in [1.82, 2.24) is 4.41 Å². The quantitative estimate of drug-likeness (QED) is 0.840. The van der Waals surface area contributed by atoms with Gasteiger partial charge < -0.3 is 0 Å². The molecule has 22 heavy (non-hydrogen) atoms. The average Bonchev–Trinajstić information content (AvgIpc) is 3.06. The summed E-state index contributed by atoms with van der Waals surface area (Å²) in [4.78, 5) is 0.911. The Bertz CT molecular complexity index is 835. The Morgan fingerprint density at radius 1 is 1.41 bits per heavy atom. The van der Waals surface area contributed by atoms with Crippen molar-refractivity contribution in [2.24, 2.45) is 5.10 Å². The van der Waals surface area contributed by atoms with Crippen LogP contribution in [0.5, 0.6) is 0 Å². The van der Waals surface area contributed by atoms with Gasteiger partial charge in [0.25, 0.3) is 0 Å². The van der Waals surface area contributed by atoms with Gasteiger partial charge in [-0.25, -0.2) is 12.8 Å². The third kappa shape index (κ3) is 2.88. The fraction of sp³-hybridized carbons (Fsp3) is 0.214. The molecule has 0 N–H and O–H groups in total. The molecule has 0 unspecified atom stereocenters. The molecule has 3 rings (SSSR count). The normalized spacial score (nSPS) is 18.6. The summed E-state index contributed by atoms with van der Waals surface area (Å²) in [5.41, 5.74) is 1.23. The third-order valence-corrected chi connectivity index (χ3v) is 5.60. The molecule has 1 aliphatic rings. The van der Waals surface area contributed by atoms with E-state index >= 15 is 0 Å². The van der Waals surface area contributed by atoms with Crippen molar-refractivity contribution < 1.29 is 12.8 Å². The molecule has 0 fully saturated rings. The van der Waals surface area contributed by atoms with Crippen LogP contribution in [0.15, 0.2) is 40.8 Å². The Balaban J connectivity index is 2.04. The van der Waals surface area contributed by atoms with E-state index in [0.29, 0.717) is 17.7 Å². The minimum Gasteiger partial charge on any atom is -0.207 e. The lowest BCUT2D eigenvalue weighted by Crippen LogP contribution is -2.26. The van der Waals surface area contributed by atoms with Crippen LogP contribution < -0.4 is 0 Å². The standard InChI is InChI=1S/C14H12ClFN2O2S2/c1-22(19,20)18-13(10-5-4-9(16)7-11(10)15)8-12(17-18)14-3-2-6-21-14/h2-7,13H,8H2,1H3/t13-/m1/s1. The second-order valence-electron chi connectivity index (χ2n) is 4.95. The van der Waals surface area contributed by atoms with Crippen LogP contribution in [0.4, 0.5) is 4.39 Å². The van der Waals surface area contributed by atoms with Crippen LogP contribution in [0.3, 0.4) is 0 Å². The zero-order valence-corrected chi connectivity index (χ0v) is 13.9. The molecular formula is C14H12ClFN2O2S2. The molecule has 0 radical (unpaired) electrons. The second kappa shape index (κ2) is 5.64. The maximum Gasteiger partial charge on any atom is 0.247 e. The van der Waals surface area contributed by atoms with Gasteiger partial charge in [0.05, 0.1) is 22.9 Å². The number of halogens is 2. The van der Waals surface area contributed by atoms with Crippen LogP contribution in [0.2, 0.25) is 5.02 Å². The average molecular weight is 359 g/mol. The molecule has 1 aromatic carbocycles. The molecule has 0 aliphatic carbocycles. The van der Waals surface area contributed by atoms with Crippen LogP contribution in [-0.4, -0.2) is 24.8 Å². The van der Waals surface area contributed by atoms with Gasteiger partial charge in [-0.05, 0) is 29.1 Å². The Hall–Kier alpha value is -1.44. The van der Waals surface area contributed by atoms with Gasteiger partial charge in [0.2, 0.25) is 10.0 Å². The summed E-state index contributed by atoms with van der Waals surface area (Å²) >= 11 is 7.58. The molecule has 0 saturated heterocycles. The van der Waals surface area contributed by atoms with Crippen molar-refractivity contribution in [3.63, 3.8) is 0 Å². The van der Waals surface area contributed by atoms with E-state index in [1.165, 1.54) is 29.5 Å². The number of rotatable bonds is 3. The smallest absolute Gasteiger partial charge is 0.207 e. The predicted octanol–water partition coefficient (Wildman–Crippen LogP) is 3.65. The van der Waals surface area contributed by atoms with E-state index in [1.807, 2.05) is 17.5 Å². The van der Waals surface area contributed by atoms with E-state index in [4.69, 9.17) is 11.6 Å². The van der Waals surface area contributed by atoms with Gasteiger partial charge >= 0.3 is 0 Å². The summed E-state index contributed by atoms with van der Waals surface area (Å²) in [6.07, 6.45) is 1.50. The van der Waals surface area contributed by atoms with E-state index in [9.17, 15) is 12.8 Å². The van der Waals surface area contributed by atoms with Crippen molar-refractivity contribution in [2.75, 3.05) is 6.26 Å².